The van der Waals surface area contributed by atoms with Crippen LogP contribution in [-0.2, 0) is 20.8 Å². The third-order valence-electron chi connectivity index (χ3n) is 4.54. The van der Waals surface area contributed by atoms with Crippen LogP contribution in [0, 0.1) is 11.3 Å². The average molecular weight is 472 g/mol. The van der Waals surface area contributed by atoms with E-state index in [1.165, 1.54) is 36.4 Å². The molecule has 0 bridgehead atoms. The number of carbonyl (C=O) groups excluding carboxylic acids is 1. The minimum absolute atomic E-state index is 0.00105. The zero-order chi connectivity index (χ0) is 24.2. The standard InChI is InChI=1S/C23H15F3N2O4S/c24-23(25,26)16-8-10-17(11-9-16)28-22(30)20(14-27)21(29)15-6-12-19(13-7-15)33(31,32)18-4-2-1-3-5-18/h1-13,29H,(H,28,30)/b21-20-. The highest BCUT2D eigenvalue weighted by Gasteiger charge is 2.30. The molecule has 0 saturated heterocycles. The van der Waals surface area contributed by atoms with Crippen molar-refractivity contribution in [3.8, 4) is 6.07 Å². The molecular weight excluding hydrogens is 457 g/mol. The van der Waals surface area contributed by atoms with Crippen molar-refractivity contribution in [1.29, 1.82) is 5.26 Å². The summed E-state index contributed by atoms with van der Waals surface area (Å²) in [7, 11) is -3.80. The first-order valence-electron chi connectivity index (χ1n) is 9.26. The van der Waals surface area contributed by atoms with E-state index < -0.39 is 38.8 Å². The van der Waals surface area contributed by atoms with Crippen molar-refractivity contribution in [3.63, 3.8) is 0 Å². The van der Waals surface area contributed by atoms with E-state index in [1.54, 1.807) is 24.3 Å². The fourth-order valence-electron chi connectivity index (χ4n) is 2.82. The van der Waals surface area contributed by atoms with Crippen LogP contribution in [0.25, 0.3) is 5.76 Å². The number of hydrogen-bond donors (Lipinski definition) is 2. The number of sulfone groups is 1. The van der Waals surface area contributed by atoms with Gasteiger partial charge in [-0.15, -0.1) is 0 Å². The van der Waals surface area contributed by atoms with Gasteiger partial charge in [0.25, 0.3) is 5.91 Å². The molecule has 0 spiro atoms. The SMILES string of the molecule is N#C/C(C(=O)Nc1ccc(C(F)(F)F)cc1)=C(/O)c1ccc(S(=O)(=O)c2ccccc2)cc1. The van der Waals surface area contributed by atoms with E-state index in [0.717, 1.165) is 24.3 Å². The first kappa shape index (κ1) is 23.6. The van der Waals surface area contributed by atoms with E-state index in [9.17, 15) is 36.8 Å². The van der Waals surface area contributed by atoms with Crippen LogP contribution in [0.4, 0.5) is 18.9 Å². The lowest BCUT2D eigenvalue weighted by Crippen LogP contribution is -2.15. The molecule has 3 rings (SSSR count). The normalized spacial score (nSPS) is 12.4. The monoisotopic (exact) mass is 472 g/mol. The van der Waals surface area contributed by atoms with Gasteiger partial charge in [0.2, 0.25) is 9.84 Å². The number of amides is 1. The summed E-state index contributed by atoms with van der Waals surface area (Å²) < 4.78 is 63.2. The molecule has 0 heterocycles. The highest BCUT2D eigenvalue weighted by molar-refractivity contribution is 7.91. The Kier molecular flexibility index (Phi) is 6.55. The smallest absolute Gasteiger partial charge is 0.416 e. The molecule has 2 N–H and O–H groups in total. The van der Waals surface area contributed by atoms with E-state index in [0.29, 0.717) is 0 Å². The van der Waals surface area contributed by atoms with Crippen molar-refractivity contribution in [1.82, 2.24) is 0 Å². The van der Waals surface area contributed by atoms with Gasteiger partial charge < -0.3 is 10.4 Å². The number of anilines is 1. The van der Waals surface area contributed by atoms with Crippen molar-refractivity contribution in [2.45, 2.75) is 16.0 Å². The van der Waals surface area contributed by atoms with Gasteiger partial charge in [0.05, 0.1) is 15.4 Å². The Bertz CT molecular complexity index is 1340. The number of nitrogens with one attached hydrogen (secondary N) is 1. The first-order chi connectivity index (χ1) is 15.5. The largest absolute Gasteiger partial charge is 0.506 e. The molecule has 0 atom stereocenters. The summed E-state index contributed by atoms with van der Waals surface area (Å²) in [5.74, 6) is -1.76. The number of alkyl halides is 3. The van der Waals surface area contributed by atoms with Gasteiger partial charge in [0, 0.05) is 11.3 Å². The summed E-state index contributed by atoms with van der Waals surface area (Å²) in [5.41, 5.74) is -1.63. The van der Waals surface area contributed by atoms with Gasteiger partial charge in [-0.05, 0) is 60.7 Å². The van der Waals surface area contributed by atoms with Gasteiger partial charge >= 0.3 is 6.18 Å². The zero-order valence-electron chi connectivity index (χ0n) is 16.7. The second-order valence-electron chi connectivity index (χ2n) is 6.71. The minimum Gasteiger partial charge on any atom is -0.506 e. The predicted molar refractivity (Wildman–Crippen MR) is 114 cm³/mol. The maximum Gasteiger partial charge on any atom is 0.416 e. The van der Waals surface area contributed by atoms with E-state index in [1.807, 2.05) is 0 Å². The lowest BCUT2D eigenvalue weighted by Gasteiger charge is -2.10. The van der Waals surface area contributed by atoms with E-state index >= 15 is 0 Å². The summed E-state index contributed by atoms with van der Waals surface area (Å²) in [4.78, 5) is 12.4. The van der Waals surface area contributed by atoms with Crippen LogP contribution in [-0.4, -0.2) is 19.4 Å². The predicted octanol–water partition coefficient (Wildman–Crippen LogP) is 4.97. The summed E-state index contributed by atoms with van der Waals surface area (Å²) in [5, 5.41) is 21.9. The molecule has 6 nitrogen and oxygen atoms in total. The van der Waals surface area contributed by atoms with Crippen molar-refractivity contribution >= 4 is 27.2 Å². The second kappa shape index (κ2) is 9.18. The van der Waals surface area contributed by atoms with Gasteiger partial charge in [0.15, 0.2) is 5.57 Å². The third kappa shape index (κ3) is 5.22. The molecule has 10 heteroatoms. The summed E-state index contributed by atoms with van der Waals surface area (Å²) in [6.45, 7) is 0. The molecule has 3 aromatic carbocycles. The number of carbonyl (C=O) groups is 1. The van der Waals surface area contributed by atoms with Crippen LogP contribution in [0.1, 0.15) is 11.1 Å². The van der Waals surface area contributed by atoms with Crippen molar-refractivity contribution in [2.75, 3.05) is 5.32 Å². The number of halogens is 3. The Labute approximate surface area is 187 Å². The number of nitrogens with zero attached hydrogens (tertiary/aromatic N) is 1. The lowest BCUT2D eigenvalue weighted by molar-refractivity contribution is -0.137. The Morgan fingerprint density at radius 2 is 1.42 bits per heavy atom. The van der Waals surface area contributed by atoms with Gasteiger partial charge in [-0.25, -0.2) is 8.42 Å². The van der Waals surface area contributed by atoms with E-state index in [2.05, 4.69) is 5.32 Å². The number of rotatable bonds is 5. The molecule has 0 fully saturated rings. The van der Waals surface area contributed by atoms with Crippen LogP contribution in [0.2, 0.25) is 0 Å². The van der Waals surface area contributed by atoms with Crippen LogP contribution in [0.3, 0.4) is 0 Å². The Morgan fingerprint density at radius 1 is 0.879 bits per heavy atom. The highest BCUT2D eigenvalue weighted by Crippen LogP contribution is 2.30. The van der Waals surface area contributed by atoms with Crippen molar-refractivity contribution in [3.05, 3.63) is 95.6 Å². The maximum atomic E-state index is 12.6. The summed E-state index contributed by atoms with van der Waals surface area (Å²) in [6.07, 6.45) is -4.54. The molecule has 0 unspecified atom stereocenters. The van der Waals surface area contributed by atoms with Gasteiger partial charge in [-0.1, -0.05) is 18.2 Å². The molecule has 0 aliphatic carbocycles. The Morgan fingerprint density at radius 3 is 1.94 bits per heavy atom. The van der Waals surface area contributed by atoms with Crippen molar-refractivity contribution in [2.24, 2.45) is 0 Å². The molecule has 0 aromatic heterocycles. The van der Waals surface area contributed by atoms with Crippen LogP contribution < -0.4 is 5.32 Å². The zero-order valence-corrected chi connectivity index (χ0v) is 17.5. The van der Waals surface area contributed by atoms with E-state index in [-0.39, 0.29) is 21.0 Å². The molecule has 0 aliphatic heterocycles. The Balaban J connectivity index is 1.84. The lowest BCUT2D eigenvalue weighted by atomic mass is 10.1. The molecule has 168 valence electrons. The van der Waals surface area contributed by atoms with Gasteiger partial charge in [-0.3, -0.25) is 4.79 Å². The van der Waals surface area contributed by atoms with Gasteiger partial charge in [-0.2, -0.15) is 18.4 Å². The highest BCUT2D eigenvalue weighted by atomic mass is 32.2. The number of aliphatic hydroxyl groups is 1. The first-order valence-corrected chi connectivity index (χ1v) is 10.7. The molecule has 0 aliphatic rings. The van der Waals surface area contributed by atoms with Crippen LogP contribution in [0.5, 0.6) is 0 Å². The second-order valence-corrected chi connectivity index (χ2v) is 8.66. The quantitative estimate of drug-likeness (QED) is 0.310. The van der Waals surface area contributed by atoms with E-state index in [4.69, 9.17) is 0 Å². The minimum atomic E-state index is -4.54. The Hall–Kier alpha value is -4.10. The number of hydrogen-bond acceptors (Lipinski definition) is 5. The van der Waals surface area contributed by atoms with Crippen LogP contribution in [0.15, 0.2) is 94.2 Å². The average Bonchev–Trinajstić information content (AvgIpc) is 2.80. The molecule has 3 aromatic rings. The van der Waals surface area contributed by atoms with Gasteiger partial charge in [0.1, 0.15) is 11.8 Å². The maximum absolute atomic E-state index is 12.6. The summed E-state index contributed by atoms with van der Waals surface area (Å²) >= 11 is 0. The van der Waals surface area contributed by atoms with Crippen molar-refractivity contribution < 1.29 is 31.5 Å². The summed E-state index contributed by atoms with van der Waals surface area (Å²) in [6, 6.07) is 17.7. The molecule has 0 radical (unpaired) electrons. The molecule has 1 amide bonds. The fourth-order valence-corrected chi connectivity index (χ4v) is 4.10. The fraction of sp³-hybridized carbons (Fsp3) is 0.0435. The molecule has 33 heavy (non-hydrogen) atoms. The third-order valence-corrected chi connectivity index (χ3v) is 6.32. The number of aliphatic hydroxyl groups excluding tert-OH is 1. The number of benzene rings is 3. The number of nitriles is 1. The van der Waals surface area contributed by atoms with Crippen LogP contribution >= 0.6 is 0 Å². The molecular formula is C23H15F3N2O4S. The molecule has 0 saturated carbocycles. The topological polar surface area (TPSA) is 107 Å².